The summed E-state index contributed by atoms with van der Waals surface area (Å²) in [6, 6.07) is 22.1. The van der Waals surface area contributed by atoms with Crippen molar-refractivity contribution in [2.45, 2.75) is 81.8 Å². The van der Waals surface area contributed by atoms with E-state index in [1.54, 1.807) is 20.8 Å². The van der Waals surface area contributed by atoms with E-state index in [-0.39, 0.29) is 19.3 Å². The zero-order valence-corrected chi connectivity index (χ0v) is 37.5. The number of benzene rings is 3. The van der Waals surface area contributed by atoms with Crippen LogP contribution >= 0.6 is 34.8 Å². The number of rotatable bonds is 8. The van der Waals surface area contributed by atoms with E-state index in [0.717, 1.165) is 39.3 Å². The highest BCUT2D eigenvalue weighted by atomic mass is 35.5. The van der Waals surface area contributed by atoms with Gasteiger partial charge in [-0.25, -0.2) is 15.0 Å². The number of carbonyl (C=O) groups excluding carboxylic acids is 1. The molecule has 1 amide bonds. The number of fused-ring (bicyclic) bond motifs is 3. The molecule has 62 heavy (non-hydrogen) atoms. The minimum absolute atomic E-state index is 0. The van der Waals surface area contributed by atoms with Crippen molar-refractivity contribution >= 4 is 57.7 Å². The van der Waals surface area contributed by atoms with Gasteiger partial charge in [-0.3, -0.25) is 20.1 Å². The summed E-state index contributed by atoms with van der Waals surface area (Å²) in [5.74, 6) is 2.45. The van der Waals surface area contributed by atoms with Crippen LogP contribution in [-0.4, -0.2) is 78.0 Å². The van der Waals surface area contributed by atoms with Crippen LogP contribution in [0.5, 0.6) is 5.75 Å². The highest BCUT2D eigenvalue weighted by Crippen LogP contribution is 2.26. The van der Waals surface area contributed by atoms with Crippen LogP contribution in [0.25, 0.3) is 39.7 Å². The van der Waals surface area contributed by atoms with Gasteiger partial charge in [-0.2, -0.15) is 13.9 Å². The molecule has 324 valence electrons. The number of hydrogen-bond acceptors (Lipinski definition) is 8. The zero-order chi connectivity index (χ0) is 43.7. The number of nitrogens with one attached hydrogen (secondary N) is 4. The van der Waals surface area contributed by atoms with Gasteiger partial charge in [-0.15, -0.1) is 15.3 Å². The maximum absolute atomic E-state index is 12.4. The molecule has 0 saturated heterocycles. The van der Waals surface area contributed by atoms with Crippen LogP contribution in [0.15, 0.2) is 66.7 Å². The van der Waals surface area contributed by atoms with Crippen LogP contribution in [0, 0.1) is 48.5 Å². The molecule has 0 aliphatic heterocycles. The van der Waals surface area contributed by atoms with Crippen LogP contribution < -0.4 is 10.1 Å². The van der Waals surface area contributed by atoms with Crippen molar-refractivity contribution in [3.8, 4) is 28.5 Å². The minimum Gasteiger partial charge on any atom is -0.481 e. The van der Waals surface area contributed by atoms with Crippen molar-refractivity contribution in [2.24, 2.45) is 0 Å². The molecule has 9 rings (SSSR count). The van der Waals surface area contributed by atoms with E-state index in [4.69, 9.17) is 39.5 Å². The molecule has 3 aromatic carbocycles. The van der Waals surface area contributed by atoms with E-state index in [2.05, 4.69) is 64.7 Å². The topological polar surface area (TPSA) is 176 Å². The number of aromatic amines is 3. The Bertz CT molecular complexity index is 2850. The summed E-state index contributed by atoms with van der Waals surface area (Å²) in [5.41, 5.74) is 11.1. The summed E-state index contributed by atoms with van der Waals surface area (Å²) in [4.78, 5) is 25.7. The second-order valence-corrected chi connectivity index (χ2v) is 16.2. The molecule has 9 aromatic rings. The number of H-pyrrole nitrogens is 3. The summed E-state index contributed by atoms with van der Waals surface area (Å²) in [7, 11) is 0. The van der Waals surface area contributed by atoms with Gasteiger partial charge in [-0.1, -0.05) is 127 Å². The molecular weight excluding hydrogens is 849 g/mol. The molecule has 18 heteroatoms. The average Bonchev–Trinajstić information content (AvgIpc) is 4.08. The smallest absolute Gasteiger partial charge is 0.260 e. The Balaban J connectivity index is 0.000000160. The lowest BCUT2D eigenvalue weighted by atomic mass is 10.1. The third kappa shape index (κ3) is 9.80. The number of nitrogens with zero attached hydrogens (tertiary/aromatic N) is 9. The Labute approximate surface area is 374 Å². The number of carbonyl (C=O) groups is 1. The zero-order valence-electron chi connectivity index (χ0n) is 35.2. The molecule has 6 heterocycles. The van der Waals surface area contributed by atoms with E-state index >= 15 is 0 Å². The van der Waals surface area contributed by atoms with Gasteiger partial charge in [0.15, 0.2) is 40.5 Å². The molecule has 0 radical (unpaired) electrons. The second-order valence-electron chi connectivity index (χ2n) is 15.1. The van der Waals surface area contributed by atoms with Crippen molar-refractivity contribution in [1.82, 2.24) is 64.8 Å². The predicted molar refractivity (Wildman–Crippen MR) is 246 cm³/mol. The number of halogens is 3. The molecule has 2 unspecified atom stereocenters. The van der Waals surface area contributed by atoms with Crippen LogP contribution in [0.2, 0.25) is 15.1 Å². The van der Waals surface area contributed by atoms with E-state index in [9.17, 15) is 4.79 Å². The Morgan fingerprint density at radius 2 is 1.05 bits per heavy atom. The summed E-state index contributed by atoms with van der Waals surface area (Å²) in [5, 5.41) is 26.9. The first-order chi connectivity index (χ1) is 29.1. The van der Waals surface area contributed by atoms with Gasteiger partial charge in [0, 0.05) is 23.6 Å². The molecule has 0 aliphatic carbocycles. The number of aryl methyl sites for hydroxylation is 7. The highest BCUT2D eigenvalue weighted by molar-refractivity contribution is 6.34. The first-order valence-electron chi connectivity index (χ1n) is 19.5. The number of amides is 1. The largest absolute Gasteiger partial charge is 0.481 e. The van der Waals surface area contributed by atoms with Crippen molar-refractivity contribution in [3.05, 3.63) is 127 Å². The lowest BCUT2D eigenvalue weighted by molar-refractivity contribution is -0.127. The molecule has 0 saturated carbocycles. The van der Waals surface area contributed by atoms with Gasteiger partial charge in [0.2, 0.25) is 0 Å². The quantitative estimate of drug-likeness (QED) is 0.117. The molecule has 6 aromatic heterocycles. The fourth-order valence-electron chi connectivity index (χ4n) is 6.26. The van der Waals surface area contributed by atoms with Gasteiger partial charge >= 0.3 is 0 Å². The third-order valence-corrected chi connectivity index (χ3v) is 11.2. The van der Waals surface area contributed by atoms with Gasteiger partial charge in [0.25, 0.3) is 5.91 Å². The summed E-state index contributed by atoms with van der Waals surface area (Å²) >= 11 is 18.4. The van der Waals surface area contributed by atoms with Gasteiger partial charge in [-0.05, 0) is 67.0 Å². The van der Waals surface area contributed by atoms with Gasteiger partial charge in [0.05, 0.1) is 17.1 Å². The Kier molecular flexibility index (Phi) is 13.8. The number of ether oxygens (including phenoxy) is 1. The predicted octanol–water partition coefficient (Wildman–Crippen LogP) is 9.95. The number of aromatic nitrogens is 12. The van der Waals surface area contributed by atoms with Crippen LogP contribution in [0.3, 0.4) is 0 Å². The van der Waals surface area contributed by atoms with Crippen molar-refractivity contribution in [1.29, 1.82) is 0 Å². The first-order valence-corrected chi connectivity index (χ1v) is 20.7. The fourth-order valence-corrected chi connectivity index (χ4v) is 6.76. The molecule has 2 atom stereocenters. The van der Waals surface area contributed by atoms with E-state index in [1.807, 2.05) is 108 Å². The second kappa shape index (κ2) is 18.8. The molecule has 0 bridgehead atoms. The third-order valence-electron chi connectivity index (χ3n) is 9.88. The van der Waals surface area contributed by atoms with Crippen molar-refractivity contribution in [3.63, 3.8) is 0 Å². The molecule has 4 N–H and O–H groups in total. The molecular formula is C44H50Cl3N13O2. The maximum atomic E-state index is 12.4. The Hall–Kier alpha value is -6.16. The average molecular weight is 899 g/mol. The van der Waals surface area contributed by atoms with E-state index < -0.39 is 6.10 Å². The van der Waals surface area contributed by atoms with Gasteiger partial charge in [0.1, 0.15) is 20.8 Å². The van der Waals surface area contributed by atoms with Crippen LogP contribution in [-0.2, 0) is 4.79 Å². The highest BCUT2D eigenvalue weighted by Gasteiger charge is 2.21. The summed E-state index contributed by atoms with van der Waals surface area (Å²) < 4.78 is 10.6. The number of hydrogen-bond donors (Lipinski definition) is 4. The lowest BCUT2D eigenvalue weighted by Crippen LogP contribution is -2.38. The van der Waals surface area contributed by atoms with Gasteiger partial charge < -0.3 is 10.1 Å². The molecule has 0 spiro atoms. The molecule has 15 nitrogen and oxygen atoms in total. The summed E-state index contributed by atoms with van der Waals surface area (Å²) in [6.07, 6.45) is -0.597. The monoisotopic (exact) mass is 897 g/mol. The lowest BCUT2D eigenvalue weighted by Gasteiger charge is -2.17. The van der Waals surface area contributed by atoms with Crippen molar-refractivity contribution < 1.29 is 9.53 Å². The van der Waals surface area contributed by atoms with Crippen LogP contribution in [0.1, 0.15) is 72.4 Å². The Morgan fingerprint density at radius 3 is 1.47 bits per heavy atom. The summed E-state index contributed by atoms with van der Waals surface area (Å²) in [6.45, 7) is 17.8. The van der Waals surface area contributed by atoms with E-state index in [1.165, 1.54) is 11.1 Å². The molecule has 0 fully saturated rings. The first kappa shape index (κ1) is 45.4. The van der Waals surface area contributed by atoms with E-state index in [0.29, 0.717) is 61.8 Å². The SMILES string of the molecule is C.Cc1ccc(-c2nc3c(Cl)c(C)[nH]n3n2)cc1.Cc1ccc(-c2nc3c(Cl)c(C)[nH]n3n2)cc1.Cc1ccc(OC(C)C(=O)NCC(C)c2nc3c(Cl)c(C)[nH]n3n2)c(C)c1. The molecule has 0 aliphatic rings. The maximum Gasteiger partial charge on any atom is 0.260 e. The Morgan fingerprint density at radius 1 is 0.629 bits per heavy atom. The van der Waals surface area contributed by atoms with Crippen molar-refractivity contribution in [2.75, 3.05) is 6.54 Å². The minimum atomic E-state index is -0.597. The van der Waals surface area contributed by atoms with Crippen LogP contribution in [0.4, 0.5) is 0 Å². The normalized spacial score (nSPS) is 12.1. The standard InChI is InChI=1S/C19H24ClN5O2.2C12H11ClN4.CH4/c1-10-6-7-15(11(2)8-10)27-14(5)19(26)21-9-12(3)17-22-18-16(20)13(4)23-25(18)24-17;2*1-7-3-5-9(6-4-7)11-14-12-10(13)8(2)15-17(12)16-11;/h6-8,12,14,23H,9H2,1-5H3,(H,21,26);2*3-6,15H,1-2H3;1H4. The fraction of sp³-hybridized carbons (Fsp3) is 0.295.